The van der Waals surface area contributed by atoms with Crippen LogP contribution in [0.1, 0.15) is 45.0 Å². The van der Waals surface area contributed by atoms with E-state index in [0.717, 1.165) is 5.70 Å². The molecule has 0 atom stereocenters. The van der Waals surface area contributed by atoms with Crippen molar-refractivity contribution in [3.8, 4) is 0 Å². The number of primary amides is 1. The van der Waals surface area contributed by atoms with Crippen molar-refractivity contribution in [3.63, 3.8) is 0 Å². The summed E-state index contributed by atoms with van der Waals surface area (Å²) in [6, 6.07) is 0. The van der Waals surface area contributed by atoms with Crippen LogP contribution in [0.2, 0.25) is 0 Å². The summed E-state index contributed by atoms with van der Waals surface area (Å²) in [6.45, 7) is 13.4. The summed E-state index contributed by atoms with van der Waals surface area (Å²) in [5.74, 6) is -0.360. The molecule has 0 aliphatic rings. The molecule has 0 saturated heterocycles. The van der Waals surface area contributed by atoms with Gasteiger partial charge in [-0.2, -0.15) is 5.10 Å². The molecule has 1 amide bonds. The number of allylic oxidation sites excluding steroid dienone is 5. The van der Waals surface area contributed by atoms with E-state index in [9.17, 15) is 4.79 Å². The van der Waals surface area contributed by atoms with Crippen molar-refractivity contribution in [1.29, 1.82) is 0 Å². The Labute approximate surface area is 121 Å². The van der Waals surface area contributed by atoms with E-state index in [2.05, 4.69) is 11.7 Å². The molecule has 0 aromatic carbocycles. The maximum atomic E-state index is 11.0. The Hall–Kier alpha value is -2.30. The van der Waals surface area contributed by atoms with Crippen LogP contribution >= 0.6 is 0 Å². The second-order valence-electron chi connectivity index (χ2n) is 3.03. The van der Waals surface area contributed by atoms with E-state index in [1.54, 1.807) is 18.2 Å². The number of carbonyl (C=O) groups is 1. The molecule has 1 heterocycles. The van der Waals surface area contributed by atoms with Crippen LogP contribution in [-0.2, 0) is 0 Å². The normalized spacial score (nSPS) is 10.2. The number of anilines is 1. The van der Waals surface area contributed by atoms with Gasteiger partial charge in [0.2, 0.25) is 0 Å². The summed E-state index contributed by atoms with van der Waals surface area (Å²) in [6.07, 6.45) is 8.33. The lowest BCUT2D eigenvalue weighted by Gasteiger charge is -2.04. The van der Waals surface area contributed by atoms with E-state index in [-0.39, 0.29) is 11.4 Å². The molecule has 4 N–H and O–H groups in total. The SMILES string of the molecule is C=C/C=C\C(=C/C)n1ncc(C(N)=O)c1N.CC.CC. The van der Waals surface area contributed by atoms with Crippen molar-refractivity contribution >= 4 is 17.4 Å². The minimum Gasteiger partial charge on any atom is -0.383 e. The smallest absolute Gasteiger partial charge is 0.254 e. The van der Waals surface area contributed by atoms with Gasteiger partial charge in [0.15, 0.2) is 0 Å². The molecule has 20 heavy (non-hydrogen) atoms. The summed E-state index contributed by atoms with van der Waals surface area (Å²) in [7, 11) is 0. The lowest BCUT2D eigenvalue weighted by Crippen LogP contribution is -2.13. The first kappa shape index (κ1) is 20.0. The van der Waals surface area contributed by atoms with Crippen LogP contribution in [0.4, 0.5) is 5.82 Å². The van der Waals surface area contributed by atoms with Crippen LogP contribution < -0.4 is 11.5 Å². The molecule has 0 saturated carbocycles. The second kappa shape index (κ2) is 11.8. The molecule has 0 unspecified atom stereocenters. The highest BCUT2D eigenvalue weighted by Crippen LogP contribution is 2.16. The Balaban J connectivity index is 0. The van der Waals surface area contributed by atoms with Gasteiger partial charge in [0.1, 0.15) is 11.4 Å². The van der Waals surface area contributed by atoms with Gasteiger partial charge < -0.3 is 11.5 Å². The lowest BCUT2D eigenvalue weighted by atomic mass is 10.3. The minimum atomic E-state index is -0.591. The number of nitrogens with zero attached hydrogens (tertiary/aromatic N) is 2. The Morgan fingerprint density at radius 3 is 2.25 bits per heavy atom. The van der Waals surface area contributed by atoms with Gasteiger partial charge in [0.05, 0.1) is 11.9 Å². The fraction of sp³-hybridized carbons (Fsp3) is 0.333. The van der Waals surface area contributed by atoms with Crippen LogP contribution in [0.5, 0.6) is 0 Å². The quantitative estimate of drug-likeness (QED) is 0.829. The van der Waals surface area contributed by atoms with E-state index in [4.69, 9.17) is 11.5 Å². The van der Waals surface area contributed by atoms with Crippen molar-refractivity contribution in [3.05, 3.63) is 42.6 Å². The summed E-state index contributed by atoms with van der Waals surface area (Å²) in [5.41, 5.74) is 11.9. The van der Waals surface area contributed by atoms with Crippen LogP contribution in [-0.4, -0.2) is 15.7 Å². The van der Waals surface area contributed by atoms with E-state index in [1.165, 1.54) is 10.9 Å². The summed E-state index contributed by atoms with van der Waals surface area (Å²) < 4.78 is 1.44. The largest absolute Gasteiger partial charge is 0.383 e. The van der Waals surface area contributed by atoms with Crippen LogP contribution in [0.3, 0.4) is 0 Å². The average Bonchev–Trinajstić information content (AvgIpc) is 2.86. The highest BCUT2D eigenvalue weighted by molar-refractivity contribution is 5.97. The van der Waals surface area contributed by atoms with Crippen molar-refractivity contribution in [2.45, 2.75) is 34.6 Å². The fourth-order valence-electron chi connectivity index (χ4n) is 1.21. The zero-order valence-electron chi connectivity index (χ0n) is 13.1. The molecule has 1 aromatic rings. The maximum absolute atomic E-state index is 11.0. The Kier molecular flexibility index (Phi) is 11.8. The van der Waals surface area contributed by atoms with E-state index < -0.39 is 5.91 Å². The molecular formula is C15H26N4O. The van der Waals surface area contributed by atoms with Crippen LogP contribution in [0.25, 0.3) is 5.70 Å². The van der Waals surface area contributed by atoms with E-state index in [0.29, 0.717) is 0 Å². The minimum absolute atomic E-state index is 0.214. The Bertz CT molecular complexity index is 470. The van der Waals surface area contributed by atoms with Gasteiger partial charge in [-0.1, -0.05) is 52.5 Å². The number of hydrogen-bond acceptors (Lipinski definition) is 3. The third kappa shape index (κ3) is 5.56. The molecule has 0 spiro atoms. The van der Waals surface area contributed by atoms with Crippen molar-refractivity contribution in [2.24, 2.45) is 5.73 Å². The first-order valence-electron chi connectivity index (χ1n) is 6.71. The highest BCUT2D eigenvalue weighted by atomic mass is 16.1. The number of hydrogen-bond donors (Lipinski definition) is 2. The zero-order valence-corrected chi connectivity index (χ0v) is 13.1. The molecule has 0 aliphatic carbocycles. The topological polar surface area (TPSA) is 86.9 Å². The third-order valence-electron chi connectivity index (χ3n) is 2.02. The third-order valence-corrected chi connectivity index (χ3v) is 2.02. The van der Waals surface area contributed by atoms with Gasteiger partial charge in [-0.15, -0.1) is 0 Å². The van der Waals surface area contributed by atoms with Gasteiger partial charge in [0.25, 0.3) is 5.91 Å². The first-order valence-corrected chi connectivity index (χ1v) is 6.71. The molecule has 0 radical (unpaired) electrons. The molecule has 112 valence electrons. The maximum Gasteiger partial charge on any atom is 0.254 e. The summed E-state index contributed by atoms with van der Waals surface area (Å²) in [4.78, 5) is 11.0. The van der Waals surface area contributed by atoms with Gasteiger partial charge in [-0.25, -0.2) is 4.68 Å². The monoisotopic (exact) mass is 278 g/mol. The highest BCUT2D eigenvalue weighted by Gasteiger charge is 2.12. The van der Waals surface area contributed by atoms with Gasteiger partial charge in [-0.3, -0.25) is 4.79 Å². The molecule has 0 bridgehead atoms. The molecule has 0 aliphatic heterocycles. The van der Waals surface area contributed by atoms with E-state index >= 15 is 0 Å². The Morgan fingerprint density at radius 2 is 1.90 bits per heavy atom. The average molecular weight is 278 g/mol. The van der Waals surface area contributed by atoms with Gasteiger partial charge in [0, 0.05) is 0 Å². The van der Waals surface area contributed by atoms with Crippen molar-refractivity contribution in [2.75, 3.05) is 5.73 Å². The lowest BCUT2D eigenvalue weighted by molar-refractivity contribution is 0.100. The molecule has 0 fully saturated rings. The number of rotatable bonds is 4. The predicted molar refractivity (Wildman–Crippen MR) is 87.1 cm³/mol. The molecule has 5 heteroatoms. The molecule has 1 aromatic heterocycles. The summed E-state index contributed by atoms with van der Waals surface area (Å²) >= 11 is 0. The standard InChI is InChI=1S/C11H14N4O.2C2H6/c1-3-5-6-8(4-2)15-10(12)9(7-14-15)11(13)16;2*1-2/h3-7H,1,12H2,2H3,(H2,13,16);2*1-2H3/b6-5-,8-4+;;. The van der Waals surface area contributed by atoms with Gasteiger partial charge in [-0.05, 0) is 13.0 Å². The van der Waals surface area contributed by atoms with Crippen molar-refractivity contribution < 1.29 is 4.79 Å². The van der Waals surface area contributed by atoms with Crippen molar-refractivity contribution in [1.82, 2.24) is 9.78 Å². The number of amides is 1. The number of carbonyl (C=O) groups excluding carboxylic acids is 1. The molecule has 1 rings (SSSR count). The van der Waals surface area contributed by atoms with Crippen LogP contribution in [0, 0.1) is 0 Å². The van der Waals surface area contributed by atoms with Gasteiger partial charge >= 0.3 is 0 Å². The summed E-state index contributed by atoms with van der Waals surface area (Å²) in [5, 5.41) is 4.00. The number of nitrogens with two attached hydrogens (primary N) is 2. The number of nitrogen functional groups attached to an aromatic ring is 1. The fourth-order valence-corrected chi connectivity index (χ4v) is 1.21. The second-order valence-corrected chi connectivity index (χ2v) is 3.03. The Morgan fingerprint density at radius 1 is 1.35 bits per heavy atom. The first-order chi connectivity index (χ1) is 9.61. The zero-order chi connectivity index (χ0) is 16.1. The predicted octanol–water partition coefficient (Wildman–Crippen LogP) is 3.22. The van der Waals surface area contributed by atoms with E-state index in [1.807, 2.05) is 40.7 Å². The molecule has 5 nitrogen and oxygen atoms in total. The van der Waals surface area contributed by atoms with Crippen LogP contribution in [0.15, 0.2) is 37.1 Å². The molecular weight excluding hydrogens is 252 g/mol. The number of aromatic nitrogens is 2.